The van der Waals surface area contributed by atoms with Crippen molar-refractivity contribution in [3.05, 3.63) is 68.6 Å². The molecular formula is C24H18Br2N2O2. The van der Waals surface area contributed by atoms with Crippen LogP contribution in [0, 0.1) is 0 Å². The first kappa shape index (κ1) is 19.5. The van der Waals surface area contributed by atoms with Crippen LogP contribution in [0.4, 0.5) is 0 Å². The first-order valence-corrected chi connectivity index (χ1v) is 11.4. The molecule has 4 nitrogen and oxygen atoms in total. The Morgan fingerprint density at radius 1 is 0.700 bits per heavy atom. The van der Waals surface area contributed by atoms with Gasteiger partial charge in [0.2, 0.25) is 11.8 Å². The molecular weight excluding hydrogens is 508 g/mol. The van der Waals surface area contributed by atoms with Gasteiger partial charge in [0.05, 0.1) is 8.95 Å². The maximum absolute atomic E-state index is 6.07. The molecule has 0 spiro atoms. The predicted octanol–water partition coefficient (Wildman–Crippen LogP) is 7.95. The number of rotatable bonds is 4. The number of aromatic nitrogens is 2. The molecule has 0 radical (unpaired) electrons. The molecule has 2 aromatic heterocycles. The van der Waals surface area contributed by atoms with E-state index in [1.165, 1.54) is 11.1 Å². The summed E-state index contributed by atoms with van der Waals surface area (Å²) in [5.41, 5.74) is 7.39. The smallest absolute Gasteiger partial charge is 0.227 e. The van der Waals surface area contributed by atoms with Crippen molar-refractivity contribution in [3.63, 3.8) is 0 Å². The molecule has 0 bridgehead atoms. The van der Waals surface area contributed by atoms with Gasteiger partial charge in [-0.2, -0.15) is 0 Å². The summed E-state index contributed by atoms with van der Waals surface area (Å²) in [5, 5.41) is 0. The molecule has 5 aromatic rings. The van der Waals surface area contributed by atoms with Gasteiger partial charge in [-0.25, -0.2) is 9.97 Å². The van der Waals surface area contributed by atoms with Crippen LogP contribution in [0.2, 0.25) is 0 Å². The van der Waals surface area contributed by atoms with Crippen molar-refractivity contribution in [1.82, 2.24) is 9.97 Å². The van der Waals surface area contributed by atoms with Gasteiger partial charge in [0.15, 0.2) is 11.2 Å². The maximum Gasteiger partial charge on any atom is 0.227 e. The van der Waals surface area contributed by atoms with Crippen molar-refractivity contribution in [1.29, 1.82) is 0 Å². The third kappa shape index (κ3) is 3.38. The average molecular weight is 526 g/mol. The van der Waals surface area contributed by atoms with E-state index >= 15 is 0 Å². The SMILES string of the molecule is CCc1cc(Br)c2oc(-c3cccc(-c4nc5cc(CC)cc(Br)c5o4)c3)nc2c1. The van der Waals surface area contributed by atoms with Crippen LogP contribution in [0.5, 0.6) is 0 Å². The summed E-state index contributed by atoms with van der Waals surface area (Å²) in [6.45, 7) is 4.25. The molecule has 0 N–H and O–H groups in total. The van der Waals surface area contributed by atoms with E-state index < -0.39 is 0 Å². The highest BCUT2D eigenvalue weighted by molar-refractivity contribution is 9.11. The van der Waals surface area contributed by atoms with Crippen molar-refractivity contribution >= 4 is 54.1 Å². The lowest BCUT2D eigenvalue weighted by Gasteiger charge is -1.99. The summed E-state index contributed by atoms with van der Waals surface area (Å²) in [6.07, 6.45) is 1.89. The van der Waals surface area contributed by atoms with E-state index in [1.54, 1.807) is 0 Å². The molecule has 0 amide bonds. The highest BCUT2D eigenvalue weighted by Crippen LogP contribution is 2.34. The molecule has 0 saturated carbocycles. The number of oxazole rings is 2. The molecule has 2 heterocycles. The van der Waals surface area contributed by atoms with Gasteiger partial charge in [0, 0.05) is 11.1 Å². The third-order valence-corrected chi connectivity index (χ3v) is 6.36. The minimum atomic E-state index is 0.575. The van der Waals surface area contributed by atoms with E-state index in [4.69, 9.17) is 18.8 Å². The highest BCUT2D eigenvalue weighted by Gasteiger charge is 2.16. The number of hydrogen-bond acceptors (Lipinski definition) is 4. The van der Waals surface area contributed by atoms with Crippen LogP contribution in [-0.2, 0) is 12.8 Å². The van der Waals surface area contributed by atoms with E-state index in [2.05, 4.69) is 70.0 Å². The topological polar surface area (TPSA) is 52.1 Å². The van der Waals surface area contributed by atoms with E-state index in [0.29, 0.717) is 11.8 Å². The summed E-state index contributed by atoms with van der Waals surface area (Å²) in [6, 6.07) is 16.2. The number of benzene rings is 3. The Morgan fingerprint density at radius 2 is 1.17 bits per heavy atom. The fourth-order valence-corrected chi connectivity index (χ4v) is 4.69. The van der Waals surface area contributed by atoms with Crippen LogP contribution in [0.25, 0.3) is 45.1 Å². The number of halogens is 2. The number of nitrogens with zero attached hydrogens (tertiary/aromatic N) is 2. The molecule has 5 rings (SSSR count). The Kier molecular flexibility index (Phi) is 4.99. The molecule has 0 atom stereocenters. The zero-order valence-corrected chi connectivity index (χ0v) is 19.7. The fourth-order valence-electron chi connectivity index (χ4n) is 3.53. The van der Waals surface area contributed by atoms with Crippen molar-refractivity contribution in [2.45, 2.75) is 26.7 Å². The summed E-state index contributed by atoms with van der Waals surface area (Å²) in [5.74, 6) is 1.15. The molecule has 3 aromatic carbocycles. The van der Waals surface area contributed by atoms with Gasteiger partial charge in [-0.1, -0.05) is 19.9 Å². The largest absolute Gasteiger partial charge is 0.435 e. The normalized spacial score (nSPS) is 11.6. The van der Waals surface area contributed by atoms with E-state index in [9.17, 15) is 0 Å². The lowest BCUT2D eigenvalue weighted by Crippen LogP contribution is -1.82. The zero-order valence-electron chi connectivity index (χ0n) is 16.5. The summed E-state index contributed by atoms with van der Waals surface area (Å²) in [7, 11) is 0. The second kappa shape index (κ2) is 7.67. The van der Waals surface area contributed by atoms with Gasteiger partial charge in [0.1, 0.15) is 11.0 Å². The van der Waals surface area contributed by atoms with Crippen LogP contribution in [-0.4, -0.2) is 9.97 Å². The average Bonchev–Trinajstić information content (AvgIpc) is 3.38. The maximum atomic E-state index is 6.07. The van der Waals surface area contributed by atoms with Gasteiger partial charge in [-0.15, -0.1) is 0 Å². The van der Waals surface area contributed by atoms with Crippen LogP contribution in [0.3, 0.4) is 0 Å². The summed E-state index contributed by atoms with van der Waals surface area (Å²) >= 11 is 7.20. The Hall–Kier alpha value is -2.44. The second-order valence-corrected chi connectivity index (χ2v) is 8.89. The molecule has 0 aliphatic carbocycles. The van der Waals surface area contributed by atoms with Crippen molar-refractivity contribution in [2.75, 3.05) is 0 Å². The zero-order chi connectivity index (χ0) is 20.8. The third-order valence-electron chi connectivity index (χ3n) is 5.18. The monoisotopic (exact) mass is 524 g/mol. The van der Waals surface area contributed by atoms with Crippen molar-refractivity contribution in [2.24, 2.45) is 0 Å². The first-order valence-electron chi connectivity index (χ1n) is 9.84. The van der Waals surface area contributed by atoms with Gasteiger partial charge in [-0.05, 0) is 98.3 Å². The molecule has 0 saturated heterocycles. The van der Waals surface area contributed by atoms with E-state index in [1.807, 2.05) is 24.3 Å². The molecule has 150 valence electrons. The van der Waals surface area contributed by atoms with E-state index in [-0.39, 0.29) is 0 Å². The van der Waals surface area contributed by atoms with Crippen molar-refractivity contribution < 1.29 is 8.83 Å². The fraction of sp³-hybridized carbons (Fsp3) is 0.167. The molecule has 30 heavy (non-hydrogen) atoms. The number of fused-ring (bicyclic) bond motifs is 2. The molecule has 6 heteroatoms. The Bertz CT molecular complexity index is 1300. The first-order chi connectivity index (χ1) is 14.6. The van der Waals surface area contributed by atoms with Crippen molar-refractivity contribution in [3.8, 4) is 22.9 Å². The molecule has 0 unspecified atom stereocenters. The standard InChI is InChI=1S/C24H18Br2N2O2/c1-3-13-8-17(25)21-19(10-13)27-23(29-21)15-6-5-7-16(12-15)24-28-20-11-14(4-2)9-18(26)22(20)30-24/h5-12H,3-4H2,1-2H3. The Labute approximate surface area is 190 Å². The van der Waals surface area contributed by atoms with Gasteiger partial charge in [-0.3, -0.25) is 0 Å². The summed E-state index contributed by atoms with van der Waals surface area (Å²) < 4.78 is 14.0. The summed E-state index contributed by atoms with van der Waals surface area (Å²) in [4.78, 5) is 9.42. The number of hydrogen-bond donors (Lipinski definition) is 0. The Morgan fingerprint density at radius 3 is 1.60 bits per heavy atom. The molecule has 0 fully saturated rings. The van der Waals surface area contributed by atoms with Gasteiger partial charge < -0.3 is 8.83 Å². The minimum Gasteiger partial charge on any atom is -0.435 e. The predicted molar refractivity (Wildman–Crippen MR) is 127 cm³/mol. The quantitative estimate of drug-likeness (QED) is 0.239. The lowest BCUT2D eigenvalue weighted by molar-refractivity contribution is 0.615. The molecule has 0 aliphatic heterocycles. The number of aryl methyl sites for hydroxylation is 2. The minimum absolute atomic E-state index is 0.575. The van der Waals surface area contributed by atoms with Crippen LogP contribution in [0.15, 0.2) is 66.3 Å². The Balaban J connectivity index is 1.59. The molecule has 0 aliphatic rings. The highest BCUT2D eigenvalue weighted by atomic mass is 79.9. The van der Waals surface area contributed by atoms with Crippen LogP contribution in [0.1, 0.15) is 25.0 Å². The van der Waals surface area contributed by atoms with Crippen LogP contribution >= 0.6 is 31.9 Å². The second-order valence-electron chi connectivity index (χ2n) is 7.18. The van der Waals surface area contributed by atoms with Crippen LogP contribution < -0.4 is 0 Å². The lowest BCUT2D eigenvalue weighted by atomic mass is 10.1. The van der Waals surface area contributed by atoms with Gasteiger partial charge >= 0.3 is 0 Å². The van der Waals surface area contributed by atoms with E-state index in [0.717, 1.165) is 55.1 Å². The van der Waals surface area contributed by atoms with Gasteiger partial charge in [0.25, 0.3) is 0 Å².